The molecule has 42 heavy (non-hydrogen) atoms. The Morgan fingerprint density at radius 2 is 1.17 bits per heavy atom. The van der Waals surface area contributed by atoms with Crippen LogP contribution in [0.25, 0.3) is 11.1 Å². The summed E-state index contributed by atoms with van der Waals surface area (Å²) in [5, 5.41) is 0. The molecule has 0 radical (unpaired) electrons. The van der Waals surface area contributed by atoms with Crippen molar-refractivity contribution in [3.8, 4) is 16.9 Å². The maximum Gasteiger partial charge on any atom is 0.201 e. The van der Waals surface area contributed by atoms with Gasteiger partial charge in [0.15, 0.2) is 11.6 Å². The molecule has 236 valence electrons. The van der Waals surface area contributed by atoms with Crippen molar-refractivity contribution in [2.45, 2.75) is 142 Å². The third-order valence-corrected chi connectivity index (χ3v) is 9.23. The molecule has 1 aliphatic carbocycles. The molecule has 2 aromatic carbocycles. The van der Waals surface area contributed by atoms with E-state index in [1.807, 2.05) is 0 Å². The predicted octanol–water partition coefficient (Wildman–Crippen LogP) is 12.5. The maximum absolute atomic E-state index is 15.1. The second-order valence-corrected chi connectivity index (χ2v) is 12.6. The van der Waals surface area contributed by atoms with Crippen LogP contribution in [-0.4, -0.2) is 6.61 Å². The standard InChI is InChI=1S/C37H54F4O/c1-3-5-7-9-11-12-14-16-28-17-19-29(20-18-28)21-22-30-26-34(39)32(27-33(30)38)31-23-24-35(37(41)36(31)40)42-25-15-13-10-8-6-4-2/h23-24,26-29H,3-22,25H2,1-2H3. The Hall–Kier alpha value is -2.04. The Morgan fingerprint density at radius 1 is 0.595 bits per heavy atom. The third-order valence-electron chi connectivity index (χ3n) is 9.23. The number of aryl methyl sites for hydroxylation is 1. The fourth-order valence-electron chi connectivity index (χ4n) is 6.46. The lowest BCUT2D eigenvalue weighted by molar-refractivity contribution is 0.248. The summed E-state index contributed by atoms with van der Waals surface area (Å²) in [6.45, 7) is 4.70. The second-order valence-electron chi connectivity index (χ2n) is 12.6. The average Bonchev–Trinajstić information content (AvgIpc) is 2.99. The van der Waals surface area contributed by atoms with Gasteiger partial charge in [-0.05, 0) is 60.9 Å². The van der Waals surface area contributed by atoms with Crippen LogP contribution in [0.4, 0.5) is 17.6 Å². The van der Waals surface area contributed by atoms with Gasteiger partial charge in [0.1, 0.15) is 11.6 Å². The molecule has 0 N–H and O–H groups in total. The van der Waals surface area contributed by atoms with Crippen molar-refractivity contribution >= 4 is 0 Å². The molecule has 0 bridgehead atoms. The quantitative estimate of drug-likeness (QED) is 0.110. The van der Waals surface area contributed by atoms with Crippen LogP contribution in [0.5, 0.6) is 5.75 Å². The molecule has 0 saturated heterocycles. The molecule has 0 unspecified atom stereocenters. The number of hydrogen-bond acceptors (Lipinski definition) is 1. The zero-order valence-corrected chi connectivity index (χ0v) is 26.2. The van der Waals surface area contributed by atoms with E-state index in [1.165, 1.54) is 89.2 Å². The molecule has 3 rings (SSSR count). The predicted molar refractivity (Wildman–Crippen MR) is 167 cm³/mol. The smallest absolute Gasteiger partial charge is 0.201 e. The van der Waals surface area contributed by atoms with E-state index in [0.717, 1.165) is 63.0 Å². The summed E-state index contributed by atoms with van der Waals surface area (Å²) in [7, 11) is 0. The van der Waals surface area contributed by atoms with E-state index in [2.05, 4.69) is 13.8 Å². The highest BCUT2D eigenvalue weighted by atomic mass is 19.2. The number of rotatable bonds is 20. The SMILES string of the molecule is CCCCCCCCCC1CCC(CCc2cc(F)c(-c3ccc(OCCCCCCCC)c(F)c3F)cc2F)CC1. The molecular formula is C37H54F4O. The van der Waals surface area contributed by atoms with E-state index < -0.39 is 23.3 Å². The van der Waals surface area contributed by atoms with E-state index in [9.17, 15) is 8.78 Å². The Bertz CT molecular complexity index is 1040. The molecule has 0 atom stereocenters. The molecule has 0 aliphatic heterocycles. The summed E-state index contributed by atoms with van der Waals surface area (Å²) < 4.78 is 65.2. The van der Waals surface area contributed by atoms with Crippen LogP contribution in [0.2, 0.25) is 0 Å². The minimum Gasteiger partial charge on any atom is -0.490 e. The lowest BCUT2D eigenvalue weighted by atomic mass is 9.77. The maximum atomic E-state index is 15.1. The van der Waals surface area contributed by atoms with Gasteiger partial charge >= 0.3 is 0 Å². The lowest BCUT2D eigenvalue weighted by Gasteiger charge is -2.28. The first-order valence-corrected chi connectivity index (χ1v) is 17.0. The number of halogens is 4. The number of unbranched alkanes of at least 4 members (excludes halogenated alkanes) is 11. The van der Waals surface area contributed by atoms with E-state index in [4.69, 9.17) is 4.74 Å². The minimum absolute atomic E-state index is 0.195. The van der Waals surface area contributed by atoms with Gasteiger partial charge in [-0.15, -0.1) is 0 Å². The first kappa shape index (κ1) is 34.5. The molecular weight excluding hydrogens is 536 g/mol. The molecule has 0 amide bonds. The second kappa shape index (κ2) is 19.3. The first-order chi connectivity index (χ1) is 20.4. The van der Waals surface area contributed by atoms with Gasteiger partial charge in [0.25, 0.3) is 0 Å². The van der Waals surface area contributed by atoms with Crippen molar-refractivity contribution in [2.75, 3.05) is 6.61 Å². The summed E-state index contributed by atoms with van der Waals surface area (Å²) in [6.07, 6.45) is 23.1. The van der Waals surface area contributed by atoms with Gasteiger partial charge in [-0.2, -0.15) is 4.39 Å². The van der Waals surface area contributed by atoms with Crippen LogP contribution in [0.1, 0.15) is 141 Å². The zero-order valence-electron chi connectivity index (χ0n) is 26.2. The first-order valence-electron chi connectivity index (χ1n) is 17.0. The molecule has 0 heterocycles. The highest BCUT2D eigenvalue weighted by molar-refractivity contribution is 5.66. The zero-order chi connectivity index (χ0) is 30.2. The van der Waals surface area contributed by atoms with Crippen LogP contribution >= 0.6 is 0 Å². The highest BCUT2D eigenvalue weighted by Gasteiger charge is 2.23. The summed E-state index contributed by atoms with van der Waals surface area (Å²) >= 11 is 0. The van der Waals surface area contributed by atoms with Crippen LogP contribution in [-0.2, 0) is 6.42 Å². The van der Waals surface area contributed by atoms with Crippen molar-refractivity contribution < 1.29 is 22.3 Å². The van der Waals surface area contributed by atoms with Crippen molar-refractivity contribution in [3.05, 3.63) is 53.1 Å². The normalized spacial score (nSPS) is 17.1. The van der Waals surface area contributed by atoms with Gasteiger partial charge in [-0.3, -0.25) is 0 Å². The van der Waals surface area contributed by atoms with Crippen LogP contribution in [0.15, 0.2) is 24.3 Å². The molecule has 0 spiro atoms. The number of benzene rings is 2. The van der Waals surface area contributed by atoms with E-state index in [-0.39, 0.29) is 16.9 Å². The van der Waals surface area contributed by atoms with Crippen molar-refractivity contribution in [1.82, 2.24) is 0 Å². The fraction of sp³-hybridized carbons (Fsp3) is 0.676. The van der Waals surface area contributed by atoms with Crippen LogP contribution < -0.4 is 4.74 Å². The summed E-state index contributed by atoms with van der Waals surface area (Å²) in [5.41, 5.74) is -0.246. The van der Waals surface area contributed by atoms with Gasteiger partial charge in [0.2, 0.25) is 5.82 Å². The third kappa shape index (κ3) is 11.2. The molecule has 2 aromatic rings. The van der Waals surface area contributed by atoms with Crippen molar-refractivity contribution in [1.29, 1.82) is 0 Å². The number of ether oxygens (including phenoxy) is 1. The topological polar surface area (TPSA) is 9.23 Å². The van der Waals surface area contributed by atoms with Gasteiger partial charge in [-0.25, -0.2) is 13.2 Å². The highest BCUT2D eigenvalue weighted by Crippen LogP contribution is 2.36. The van der Waals surface area contributed by atoms with E-state index in [1.54, 1.807) is 0 Å². The summed E-state index contributed by atoms with van der Waals surface area (Å²) in [5.74, 6) is -2.52. The molecule has 5 heteroatoms. The monoisotopic (exact) mass is 590 g/mol. The Balaban J connectivity index is 1.45. The fourth-order valence-corrected chi connectivity index (χ4v) is 6.46. The van der Waals surface area contributed by atoms with Crippen molar-refractivity contribution in [3.63, 3.8) is 0 Å². The lowest BCUT2D eigenvalue weighted by Crippen LogP contribution is -2.15. The Kier molecular flexibility index (Phi) is 15.8. The van der Waals surface area contributed by atoms with Crippen LogP contribution in [0.3, 0.4) is 0 Å². The van der Waals surface area contributed by atoms with Gasteiger partial charge in [0.05, 0.1) is 6.61 Å². The van der Waals surface area contributed by atoms with Crippen LogP contribution in [0, 0.1) is 35.1 Å². The van der Waals surface area contributed by atoms with Gasteiger partial charge in [-0.1, -0.05) is 123 Å². The van der Waals surface area contributed by atoms with Crippen molar-refractivity contribution in [2.24, 2.45) is 11.8 Å². The largest absolute Gasteiger partial charge is 0.490 e. The van der Waals surface area contributed by atoms with E-state index >= 15 is 8.78 Å². The van der Waals surface area contributed by atoms with Gasteiger partial charge < -0.3 is 4.74 Å². The average molecular weight is 591 g/mol. The number of hydrogen-bond donors (Lipinski definition) is 0. The summed E-state index contributed by atoms with van der Waals surface area (Å²) in [6, 6.07) is 4.76. The molecule has 1 saturated carbocycles. The van der Waals surface area contributed by atoms with E-state index in [0.29, 0.717) is 24.5 Å². The molecule has 1 fully saturated rings. The molecule has 1 nitrogen and oxygen atoms in total. The minimum atomic E-state index is -1.21. The Labute approximate surface area is 252 Å². The Morgan fingerprint density at radius 3 is 1.81 bits per heavy atom. The molecule has 1 aliphatic rings. The van der Waals surface area contributed by atoms with Gasteiger partial charge in [0, 0.05) is 11.1 Å². The summed E-state index contributed by atoms with van der Waals surface area (Å²) in [4.78, 5) is 0. The molecule has 0 aromatic heterocycles.